The van der Waals surface area contributed by atoms with Gasteiger partial charge in [0.25, 0.3) is 0 Å². The summed E-state index contributed by atoms with van der Waals surface area (Å²) >= 11 is 6.06. The number of carbonyl (C=O) groups excluding carboxylic acids is 1. The summed E-state index contributed by atoms with van der Waals surface area (Å²) in [5, 5.41) is 15.4. The number of fused-ring (bicyclic) bond motifs is 1. The monoisotopic (exact) mass is 398 g/mol. The number of benzene rings is 2. The zero-order valence-corrected chi connectivity index (χ0v) is 17.3. The molecule has 0 saturated carbocycles. The molecule has 3 N–H and O–H groups in total. The molecule has 2 aromatic carbocycles. The quantitative estimate of drug-likeness (QED) is 0.588. The minimum Gasteiger partial charge on any atom is -0.397 e. The van der Waals surface area contributed by atoms with E-state index in [1.807, 2.05) is 48.5 Å². The minimum absolute atomic E-state index is 0.0350. The van der Waals surface area contributed by atoms with E-state index in [-0.39, 0.29) is 23.8 Å². The summed E-state index contributed by atoms with van der Waals surface area (Å²) in [6.07, 6.45) is 1.42. The van der Waals surface area contributed by atoms with E-state index < -0.39 is 0 Å². The van der Waals surface area contributed by atoms with Crippen LogP contribution in [-0.2, 0) is 4.79 Å². The maximum absolute atomic E-state index is 13.0. The molecule has 148 valence electrons. The van der Waals surface area contributed by atoms with Gasteiger partial charge in [-0.25, -0.2) is 0 Å². The Balaban J connectivity index is 0.000000706. The van der Waals surface area contributed by atoms with Crippen molar-refractivity contribution < 1.29 is 9.90 Å². The van der Waals surface area contributed by atoms with Crippen molar-refractivity contribution in [1.29, 1.82) is 0 Å². The van der Waals surface area contributed by atoms with Crippen LogP contribution in [0.1, 0.15) is 45.2 Å². The molecule has 28 heavy (non-hydrogen) atoms. The Bertz CT molecular complexity index is 888. The zero-order chi connectivity index (χ0) is 20.3. The second-order valence-corrected chi connectivity index (χ2v) is 8.39. The third kappa shape index (κ3) is 4.40. The number of nitrogens with one attached hydrogen (secondary N) is 2. The molecule has 1 aliphatic heterocycles. The number of carbonyl (C=O) groups is 1. The summed E-state index contributed by atoms with van der Waals surface area (Å²) in [5.74, 6) is 0.207. The fourth-order valence-corrected chi connectivity index (χ4v) is 3.92. The molecule has 0 spiro atoms. The SMILES string of the molecule is CC1(C)CC(=O)C2=C(C1)Nc1ccccc1NC2c1ccc(Cl)cc1.CCO. The molecule has 1 unspecified atom stereocenters. The first-order chi connectivity index (χ1) is 13.3. The molecule has 0 fully saturated rings. The molecule has 1 heterocycles. The average Bonchev–Trinajstić information content (AvgIpc) is 2.78. The number of ketones is 1. The number of para-hydroxylation sites is 2. The molecule has 1 aliphatic carbocycles. The van der Waals surface area contributed by atoms with Gasteiger partial charge in [-0.2, -0.15) is 0 Å². The van der Waals surface area contributed by atoms with E-state index in [4.69, 9.17) is 16.7 Å². The fraction of sp³-hybridized carbons (Fsp3) is 0.348. The van der Waals surface area contributed by atoms with Gasteiger partial charge in [0.1, 0.15) is 0 Å². The van der Waals surface area contributed by atoms with Crippen LogP contribution >= 0.6 is 11.6 Å². The maximum atomic E-state index is 13.0. The van der Waals surface area contributed by atoms with Gasteiger partial charge in [-0.15, -0.1) is 0 Å². The van der Waals surface area contributed by atoms with Gasteiger partial charge in [0.2, 0.25) is 0 Å². The molecule has 4 nitrogen and oxygen atoms in total. The molecular weight excluding hydrogens is 372 g/mol. The first-order valence-electron chi connectivity index (χ1n) is 9.60. The molecule has 5 heteroatoms. The minimum atomic E-state index is -0.174. The number of halogens is 1. The Hall–Kier alpha value is -2.30. The lowest BCUT2D eigenvalue weighted by atomic mass is 9.73. The van der Waals surface area contributed by atoms with Crippen LogP contribution in [0.15, 0.2) is 59.8 Å². The number of aliphatic hydroxyl groups excluding tert-OH is 1. The van der Waals surface area contributed by atoms with Crippen molar-refractivity contribution in [3.05, 3.63) is 70.4 Å². The second-order valence-electron chi connectivity index (χ2n) is 7.95. The number of rotatable bonds is 1. The molecular formula is C23H27ClN2O2. The summed E-state index contributed by atoms with van der Waals surface area (Å²) in [6.45, 7) is 6.23. The van der Waals surface area contributed by atoms with Crippen molar-refractivity contribution in [3.8, 4) is 0 Å². The summed E-state index contributed by atoms with van der Waals surface area (Å²) in [7, 11) is 0. The van der Waals surface area contributed by atoms with Gasteiger partial charge in [0.05, 0.1) is 17.4 Å². The third-order valence-electron chi connectivity index (χ3n) is 4.92. The highest BCUT2D eigenvalue weighted by Crippen LogP contribution is 2.45. The van der Waals surface area contributed by atoms with Crippen molar-refractivity contribution >= 4 is 28.8 Å². The van der Waals surface area contributed by atoms with E-state index in [1.54, 1.807) is 6.92 Å². The lowest BCUT2D eigenvalue weighted by Crippen LogP contribution is -2.31. The molecule has 0 aromatic heterocycles. The van der Waals surface area contributed by atoms with Gasteiger partial charge in [-0.05, 0) is 48.6 Å². The molecule has 4 rings (SSSR count). The highest BCUT2D eigenvalue weighted by atomic mass is 35.5. The van der Waals surface area contributed by atoms with Crippen LogP contribution < -0.4 is 10.6 Å². The largest absolute Gasteiger partial charge is 0.397 e. The number of anilines is 2. The van der Waals surface area contributed by atoms with E-state index >= 15 is 0 Å². The standard InChI is InChI=1S/C21H21ClN2O.C2H6O/c1-21(2)11-17-19(18(25)12-21)20(13-7-9-14(22)10-8-13)24-16-6-4-3-5-15(16)23-17;1-2-3/h3-10,20,23-24H,11-12H2,1-2H3;3H,2H2,1H3. The lowest BCUT2D eigenvalue weighted by molar-refractivity contribution is -0.118. The van der Waals surface area contributed by atoms with Crippen LogP contribution in [0.4, 0.5) is 11.4 Å². The fourth-order valence-electron chi connectivity index (χ4n) is 3.79. The van der Waals surface area contributed by atoms with Gasteiger partial charge in [0, 0.05) is 29.3 Å². The van der Waals surface area contributed by atoms with Gasteiger partial charge < -0.3 is 15.7 Å². The molecule has 2 aliphatic rings. The normalized spacial score (nSPS) is 19.9. The third-order valence-corrected chi connectivity index (χ3v) is 5.18. The van der Waals surface area contributed by atoms with Gasteiger partial charge in [-0.3, -0.25) is 4.79 Å². The van der Waals surface area contributed by atoms with Crippen molar-refractivity contribution in [2.75, 3.05) is 17.2 Å². The van der Waals surface area contributed by atoms with Crippen LogP contribution in [0.2, 0.25) is 5.02 Å². The summed E-state index contributed by atoms with van der Waals surface area (Å²) in [4.78, 5) is 13.0. The molecule has 2 aromatic rings. The zero-order valence-electron chi connectivity index (χ0n) is 16.6. The van der Waals surface area contributed by atoms with E-state index in [1.165, 1.54) is 0 Å². The topological polar surface area (TPSA) is 61.4 Å². The van der Waals surface area contributed by atoms with Crippen LogP contribution in [0.5, 0.6) is 0 Å². The number of allylic oxidation sites excluding steroid dienone is 1. The summed E-state index contributed by atoms with van der Waals surface area (Å²) in [5.41, 5.74) is 4.90. The predicted octanol–water partition coefficient (Wildman–Crippen LogP) is 5.56. The average molecular weight is 399 g/mol. The highest BCUT2D eigenvalue weighted by molar-refractivity contribution is 6.30. The number of hydrogen-bond donors (Lipinski definition) is 3. The molecule has 0 radical (unpaired) electrons. The highest BCUT2D eigenvalue weighted by Gasteiger charge is 2.38. The van der Waals surface area contributed by atoms with Crippen molar-refractivity contribution in [2.24, 2.45) is 5.41 Å². The predicted molar refractivity (Wildman–Crippen MR) is 116 cm³/mol. The van der Waals surface area contributed by atoms with E-state index in [9.17, 15) is 4.79 Å². The van der Waals surface area contributed by atoms with Crippen LogP contribution in [0.25, 0.3) is 0 Å². The number of aliphatic hydroxyl groups is 1. The van der Waals surface area contributed by atoms with E-state index in [2.05, 4.69) is 24.5 Å². The van der Waals surface area contributed by atoms with Crippen molar-refractivity contribution in [2.45, 2.75) is 39.7 Å². The first kappa shape index (κ1) is 20.4. The Labute approximate surface area is 171 Å². The lowest BCUT2D eigenvalue weighted by Gasteiger charge is -2.34. The van der Waals surface area contributed by atoms with Crippen LogP contribution in [-0.4, -0.2) is 17.5 Å². The van der Waals surface area contributed by atoms with E-state index in [0.29, 0.717) is 11.4 Å². The van der Waals surface area contributed by atoms with Crippen molar-refractivity contribution in [3.63, 3.8) is 0 Å². The smallest absolute Gasteiger partial charge is 0.163 e. The Morgan fingerprint density at radius 1 is 1.07 bits per heavy atom. The van der Waals surface area contributed by atoms with Gasteiger partial charge in [-0.1, -0.05) is 49.7 Å². The second kappa shape index (κ2) is 8.38. The summed E-state index contributed by atoms with van der Waals surface area (Å²) in [6, 6.07) is 15.7. The van der Waals surface area contributed by atoms with Gasteiger partial charge in [0.15, 0.2) is 5.78 Å². The van der Waals surface area contributed by atoms with E-state index in [0.717, 1.165) is 34.6 Å². The Kier molecular flexibility index (Phi) is 6.11. The molecule has 0 amide bonds. The van der Waals surface area contributed by atoms with Crippen molar-refractivity contribution in [1.82, 2.24) is 0 Å². The first-order valence-corrected chi connectivity index (χ1v) is 9.97. The Morgan fingerprint density at radius 2 is 1.68 bits per heavy atom. The van der Waals surface area contributed by atoms with Crippen LogP contribution in [0.3, 0.4) is 0 Å². The number of Topliss-reactive ketones (excluding diaryl/α,β-unsaturated/α-hetero) is 1. The van der Waals surface area contributed by atoms with Gasteiger partial charge >= 0.3 is 0 Å². The Morgan fingerprint density at radius 3 is 2.32 bits per heavy atom. The summed E-state index contributed by atoms with van der Waals surface area (Å²) < 4.78 is 0. The molecule has 1 atom stereocenters. The maximum Gasteiger partial charge on any atom is 0.163 e. The molecule has 0 saturated heterocycles. The number of hydrogen-bond acceptors (Lipinski definition) is 4. The molecule has 0 bridgehead atoms. The van der Waals surface area contributed by atoms with Crippen LogP contribution in [0, 0.1) is 5.41 Å².